The Morgan fingerprint density at radius 3 is 2.00 bits per heavy atom. The van der Waals surface area contributed by atoms with E-state index in [0.29, 0.717) is 0 Å². The fourth-order valence-electron chi connectivity index (χ4n) is 3.53. The molecule has 0 aliphatic carbocycles. The third-order valence-electron chi connectivity index (χ3n) is 6.08. The van der Waals surface area contributed by atoms with Gasteiger partial charge in [-0.15, -0.1) is 0 Å². The fraction of sp³-hybridized carbons (Fsp3) is 0.357. The number of carbonyl (C=O) groups is 3. The Bertz CT molecular complexity index is 1330. The monoisotopic (exact) mass is 954 g/mol. The van der Waals surface area contributed by atoms with Crippen LogP contribution in [0.1, 0.15) is 25.0 Å². The van der Waals surface area contributed by atoms with Crippen LogP contribution in [0.15, 0.2) is 73.1 Å². The second-order valence-electron chi connectivity index (χ2n) is 9.53. The van der Waals surface area contributed by atoms with Crippen molar-refractivity contribution in [2.75, 3.05) is 7.05 Å². The molecule has 0 fully saturated rings. The summed E-state index contributed by atoms with van der Waals surface area (Å²) < 4.78 is 4.13. The molecule has 1 aromatic heterocycles. The van der Waals surface area contributed by atoms with Gasteiger partial charge in [0.1, 0.15) is 6.04 Å². The number of nitrogens with one attached hydrogen (secondary N) is 1. The van der Waals surface area contributed by atoms with Crippen molar-refractivity contribution in [3.8, 4) is 0 Å². The molecule has 0 aliphatic heterocycles. The fourth-order valence-corrected chi connectivity index (χ4v) is 4.52. The third-order valence-corrected chi connectivity index (χ3v) is 9.91. The summed E-state index contributed by atoms with van der Waals surface area (Å²) in [5.74, 6) is -2.18. The zero-order valence-electron chi connectivity index (χ0n) is 22.7. The molecule has 220 valence electrons. The summed E-state index contributed by atoms with van der Waals surface area (Å²) in [6.45, 7) is 4.57. The van der Waals surface area contributed by atoms with E-state index in [1.54, 1.807) is 45.2 Å². The van der Waals surface area contributed by atoms with E-state index in [2.05, 4.69) is 77.5 Å². The third kappa shape index (κ3) is 9.92. The van der Waals surface area contributed by atoms with Crippen LogP contribution in [0.25, 0.3) is 0 Å². The predicted molar refractivity (Wildman–Crippen MR) is 168 cm³/mol. The van der Waals surface area contributed by atoms with Gasteiger partial charge in [0, 0.05) is 13.5 Å². The molecular weight excluding hydrogens is 919 g/mol. The molecule has 40 heavy (non-hydrogen) atoms. The number of aryl methyl sites for hydroxylation is 1. The summed E-state index contributed by atoms with van der Waals surface area (Å²) in [4.78, 5) is 37.9. The summed E-state index contributed by atoms with van der Waals surface area (Å²) in [6, 6.07) is 18.0. The zero-order chi connectivity index (χ0) is 30.0. The van der Waals surface area contributed by atoms with Crippen LogP contribution in [0.4, 0.5) is 0 Å². The van der Waals surface area contributed by atoms with Crippen molar-refractivity contribution in [1.29, 1.82) is 0 Å². The number of aliphatic carboxylic acids is 1. The van der Waals surface area contributed by atoms with Gasteiger partial charge in [0.25, 0.3) is 0 Å². The predicted octanol–water partition coefficient (Wildman–Crippen LogP) is 3.72. The molecule has 0 radical (unpaired) electrons. The van der Waals surface area contributed by atoms with E-state index in [0.717, 1.165) is 17.0 Å². The zero-order valence-corrected chi connectivity index (χ0v) is 29.3. The van der Waals surface area contributed by atoms with Crippen molar-refractivity contribution < 1.29 is 38.8 Å². The standard InChI is InChI=1S/C17H23I2N3O4.C11H12N2.Pt/c1-10(2)13(20)14(23)21-12(9-11-7-5-4-6-8-11)15(24)22(3)17(18,19)16(25)26;1-12-7-8-13(10-12)9-11-5-3-2-4-6-11;/h4-8,10,12-13H,9,20H2,1-3H3,(H,21,23)(H,25,26);2-8H,9H2,1H3;/t12-,13-;;/m1../s1. The molecule has 0 spiro atoms. The molecule has 2 amide bonds. The molecule has 3 rings (SSSR count). The van der Waals surface area contributed by atoms with Gasteiger partial charge in [-0.1, -0.05) is 44.2 Å². The van der Waals surface area contributed by atoms with Crippen LogP contribution in [0, 0.1) is 9.72 Å². The SMILES string of the molecule is CC(C)[C@@H](N)C(=O)N[C@H](Cc1ccccc1)C(=O)N(C)C(I)(I)C(=O)O.Cn1ccn(Cc2ccccc2)[c]1=[Pt]. The van der Waals surface area contributed by atoms with Crippen LogP contribution in [0.3, 0.4) is 0 Å². The summed E-state index contributed by atoms with van der Waals surface area (Å²) in [7, 11) is 3.46. The van der Waals surface area contributed by atoms with E-state index in [4.69, 9.17) is 5.73 Å². The molecule has 0 unspecified atom stereocenters. The summed E-state index contributed by atoms with van der Waals surface area (Å²) in [6.07, 6.45) is 4.42. The minimum absolute atomic E-state index is 0.0903. The van der Waals surface area contributed by atoms with Crippen molar-refractivity contribution in [1.82, 2.24) is 19.4 Å². The van der Waals surface area contributed by atoms with E-state index in [9.17, 15) is 19.5 Å². The number of benzene rings is 2. The maximum atomic E-state index is 12.9. The molecule has 12 heteroatoms. The number of imidazole rings is 1. The van der Waals surface area contributed by atoms with E-state index in [-0.39, 0.29) is 12.3 Å². The van der Waals surface area contributed by atoms with Gasteiger partial charge in [-0.25, -0.2) is 4.79 Å². The Hall–Kier alpha value is -1.83. The van der Waals surface area contributed by atoms with Crippen LogP contribution in [-0.4, -0.2) is 57.6 Å². The van der Waals surface area contributed by atoms with Gasteiger partial charge >= 0.3 is 100 Å². The normalized spacial score (nSPS) is 12.7. The van der Waals surface area contributed by atoms with Crippen molar-refractivity contribution >= 4 is 63.0 Å². The summed E-state index contributed by atoms with van der Waals surface area (Å²) in [5, 5.41) is 12.0. The van der Waals surface area contributed by atoms with Gasteiger partial charge in [0.2, 0.25) is 13.4 Å². The number of rotatable bonds is 10. The quantitative estimate of drug-likeness (QED) is 0.163. The Morgan fingerprint density at radius 1 is 1.02 bits per heavy atom. The second-order valence-corrected chi connectivity index (χ2v) is 15.7. The molecule has 0 aliphatic rings. The van der Waals surface area contributed by atoms with Gasteiger partial charge < -0.3 is 21.1 Å². The Labute approximate surface area is 273 Å². The number of carbonyl (C=O) groups excluding carboxylic acids is 2. The van der Waals surface area contributed by atoms with Gasteiger partial charge in [0.15, 0.2) is 0 Å². The van der Waals surface area contributed by atoms with E-state index in [1.807, 2.05) is 50.2 Å². The van der Waals surface area contributed by atoms with Gasteiger partial charge in [0.05, 0.1) is 6.04 Å². The van der Waals surface area contributed by atoms with Crippen LogP contribution in [0.5, 0.6) is 0 Å². The number of aromatic nitrogens is 2. The Kier molecular flexibility index (Phi) is 13.7. The average molecular weight is 955 g/mol. The van der Waals surface area contributed by atoms with Crippen LogP contribution < -0.4 is 11.1 Å². The number of nitrogens with zero attached hydrogens (tertiary/aromatic N) is 3. The second kappa shape index (κ2) is 16.0. The van der Waals surface area contributed by atoms with Crippen LogP contribution in [-0.2, 0) is 53.8 Å². The van der Waals surface area contributed by atoms with Crippen molar-refractivity contribution in [2.24, 2.45) is 18.7 Å². The molecule has 0 bridgehead atoms. The number of halogens is 2. The molecule has 9 nitrogen and oxygen atoms in total. The number of likely N-dealkylation sites (N-methyl/N-ethyl adjacent to an activating group) is 1. The Balaban J connectivity index is 0.000000333. The number of alkyl halides is 2. The molecule has 2 aromatic carbocycles. The topological polar surface area (TPSA) is 123 Å². The first kappa shape index (κ1) is 34.4. The molecule has 0 saturated heterocycles. The molecule has 0 saturated carbocycles. The molecule has 3 aromatic rings. The summed E-state index contributed by atoms with van der Waals surface area (Å²) >= 11 is 5.70. The van der Waals surface area contributed by atoms with Gasteiger partial charge in [-0.3, -0.25) is 9.59 Å². The van der Waals surface area contributed by atoms with E-state index in [1.165, 1.54) is 16.4 Å². The Morgan fingerprint density at radius 2 is 1.55 bits per heavy atom. The first-order chi connectivity index (χ1) is 18.7. The minimum atomic E-state index is -1.47. The maximum absolute atomic E-state index is 12.9. The number of carboxylic acids is 1. The van der Waals surface area contributed by atoms with Gasteiger partial charge in [-0.2, -0.15) is 0 Å². The first-order valence-corrected chi connectivity index (χ1v) is 15.7. The van der Waals surface area contributed by atoms with Crippen molar-refractivity contribution in [2.45, 2.75) is 40.4 Å². The molecule has 4 N–H and O–H groups in total. The average Bonchev–Trinajstić information content (AvgIpc) is 3.24. The van der Waals surface area contributed by atoms with Crippen LogP contribution >= 0.6 is 45.2 Å². The van der Waals surface area contributed by atoms with Crippen molar-refractivity contribution in [3.05, 3.63) is 88.0 Å². The first-order valence-electron chi connectivity index (χ1n) is 12.5. The molecular formula is C28H35I2N5O4Pt. The van der Waals surface area contributed by atoms with E-state index >= 15 is 0 Å². The van der Waals surface area contributed by atoms with E-state index < -0.39 is 31.4 Å². The molecule has 1 heterocycles. The number of amides is 2. The van der Waals surface area contributed by atoms with Crippen LogP contribution in [0.2, 0.25) is 0 Å². The van der Waals surface area contributed by atoms with Gasteiger partial charge in [-0.05, 0) is 56.7 Å². The number of hydrogen-bond donors (Lipinski definition) is 3. The molecule has 2 atom stereocenters. The number of carboxylic acid groups (broad SMARTS) is 1. The van der Waals surface area contributed by atoms with Crippen molar-refractivity contribution in [3.63, 3.8) is 0 Å². The summed E-state index contributed by atoms with van der Waals surface area (Å²) in [5.41, 5.74) is 8.06. The number of nitrogens with two attached hydrogens (primary N) is 1. The number of hydrogen-bond acceptors (Lipinski definition) is 4.